The van der Waals surface area contributed by atoms with Gasteiger partial charge in [0.25, 0.3) is 0 Å². The fourth-order valence-corrected chi connectivity index (χ4v) is 4.10. The van der Waals surface area contributed by atoms with Crippen molar-refractivity contribution in [1.29, 1.82) is 0 Å². The molecule has 0 fully saturated rings. The van der Waals surface area contributed by atoms with Crippen LogP contribution in [-0.2, 0) is 12.8 Å². The van der Waals surface area contributed by atoms with Gasteiger partial charge in [-0.1, -0.05) is 59.1 Å². The lowest BCUT2D eigenvalue weighted by molar-refractivity contribution is 1.02. The highest BCUT2D eigenvalue weighted by Gasteiger charge is 2.19. The van der Waals surface area contributed by atoms with Gasteiger partial charge in [0.2, 0.25) is 5.96 Å². The van der Waals surface area contributed by atoms with E-state index in [-0.39, 0.29) is 0 Å². The van der Waals surface area contributed by atoms with Crippen LogP contribution in [0.1, 0.15) is 11.1 Å². The van der Waals surface area contributed by atoms with E-state index in [4.69, 9.17) is 40.5 Å². The molecule has 0 atom stereocenters. The van der Waals surface area contributed by atoms with Gasteiger partial charge >= 0.3 is 0 Å². The molecule has 0 bridgehead atoms. The third kappa shape index (κ3) is 2.81. The van der Waals surface area contributed by atoms with Crippen molar-refractivity contribution in [3.8, 4) is 0 Å². The minimum atomic E-state index is 0.305. The monoisotopic (exact) mass is 403 g/mol. The quantitative estimate of drug-likeness (QED) is 0.324. The summed E-state index contributed by atoms with van der Waals surface area (Å²) in [6.45, 7) is 0. The highest BCUT2D eigenvalue weighted by atomic mass is 35.5. The van der Waals surface area contributed by atoms with Gasteiger partial charge in [-0.2, -0.15) is 0 Å². The molecule has 0 amide bonds. The predicted molar refractivity (Wildman–Crippen MR) is 113 cm³/mol. The van der Waals surface area contributed by atoms with Crippen molar-refractivity contribution in [1.82, 2.24) is 0 Å². The van der Waals surface area contributed by atoms with Gasteiger partial charge in [-0.3, -0.25) is 0 Å². The van der Waals surface area contributed by atoms with Gasteiger partial charge in [-0.25, -0.2) is 4.99 Å². The summed E-state index contributed by atoms with van der Waals surface area (Å²) in [5, 5.41) is 3.61. The molecule has 3 nitrogen and oxygen atoms in total. The summed E-state index contributed by atoms with van der Waals surface area (Å²) < 4.78 is 0. The van der Waals surface area contributed by atoms with E-state index < -0.39 is 0 Å². The van der Waals surface area contributed by atoms with Gasteiger partial charge < -0.3 is 10.6 Å². The Kier molecular flexibility index (Phi) is 4.47. The molecule has 2 N–H and O–H groups in total. The molecule has 0 aliphatic heterocycles. The number of rotatable bonds is 2. The zero-order valence-corrected chi connectivity index (χ0v) is 16.3. The molecular weight excluding hydrogens is 389 g/mol. The van der Waals surface area contributed by atoms with E-state index in [9.17, 15) is 0 Å². The Balaban J connectivity index is 1.76. The Morgan fingerprint density at radius 1 is 1.00 bits per heavy atom. The van der Waals surface area contributed by atoms with Gasteiger partial charge in [-0.15, -0.1) is 0 Å². The summed E-state index contributed by atoms with van der Waals surface area (Å²) in [6.07, 6.45) is 2.01. The Morgan fingerprint density at radius 3 is 2.62 bits per heavy atom. The summed E-state index contributed by atoms with van der Waals surface area (Å²) in [5.74, 6) is 0.338. The molecule has 1 aliphatic rings. The molecule has 0 saturated heterocycles. The molecule has 6 heteroatoms. The van der Waals surface area contributed by atoms with Crippen LogP contribution in [0.3, 0.4) is 0 Å². The lowest BCUT2D eigenvalue weighted by atomic mass is 10.0. The van der Waals surface area contributed by atoms with E-state index in [0.717, 1.165) is 18.5 Å². The lowest BCUT2D eigenvalue weighted by Crippen LogP contribution is -2.33. The minimum absolute atomic E-state index is 0.305. The molecule has 0 aromatic heterocycles. The lowest BCUT2D eigenvalue weighted by Gasteiger charge is -2.20. The number of nitrogens with two attached hydrogens (primary N) is 1. The average Bonchev–Trinajstić information content (AvgIpc) is 3.08. The standard InChI is InChI=1S/C20H16Cl3N3/c1-26(16-10-8-14(21)18(22)19(16)23)20(24)25-15-9-6-12-4-2-3-11-5-7-13(15)17(11)12/h2-4,6,8-10H,5,7H2,1H3,(H2,24,25). The zero-order chi connectivity index (χ0) is 18.4. The highest BCUT2D eigenvalue weighted by molar-refractivity contribution is 6.49. The first-order valence-electron chi connectivity index (χ1n) is 8.22. The van der Waals surface area contributed by atoms with Crippen LogP contribution in [0.25, 0.3) is 10.8 Å². The van der Waals surface area contributed by atoms with Crippen LogP contribution in [0.2, 0.25) is 15.1 Å². The second kappa shape index (κ2) is 6.66. The van der Waals surface area contributed by atoms with Gasteiger partial charge in [0, 0.05) is 7.05 Å². The third-order valence-corrected chi connectivity index (χ3v) is 6.10. The van der Waals surface area contributed by atoms with Crippen LogP contribution < -0.4 is 10.6 Å². The van der Waals surface area contributed by atoms with Gasteiger partial charge in [0.1, 0.15) is 0 Å². The van der Waals surface area contributed by atoms with Crippen LogP contribution in [-0.4, -0.2) is 13.0 Å². The summed E-state index contributed by atoms with van der Waals surface area (Å²) >= 11 is 18.5. The van der Waals surface area contributed by atoms with Crippen molar-refractivity contribution in [2.45, 2.75) is 12.8 Å². The molecular formula is C20H16Cl3N3. The molecule has 1 aliphatic carbocycles. The van der Waals surface area contributed by atoms with E-state index in [1.807, 2.05) is 6.07 Å². The first-order valence-corrected chi connectivity index (χ1v) is 9.35. The van der Waals surface area contributed by atoms with Crippen LogP contribution >= 0.6 is 34.8 Å². The summed E-state index contributed by atoms with van der Waals surface area (Å²) in [4.78, 5) is 6.38. The molecule has 0 heterocycles. The molecule has 0 spiro atoms. The number of guanidine groups is 1. The highest BCUT2D eigenvalue weighted by Crippen LogP contribution is 2.39. The number of hydrogen-bond acceptors (Lipinski definition) is 1. The molecule has 4 rings (SSSR count). The van der Waals surface area contributed by atoms with Crippen LogP contribution in [0.15, 0.2) is 47.5 Å². The second-order valence-corrected chi connectivity index (χ2v) is 7.47. The van der Waals surface area contributed by atoms with Crippen molar-refractivity contribution in [2.24, 2.45) is 10.7 Å². The molecule has 3 aromatic carbocycles. The minimum Gasteiger partial charge on any atom is -0.369 e. The maximum Gasteiger partial charge on any atom is 0.200 e. The molecule has 132 valence electrons. The van der Waals surface area contributed by atoms with Gasteiger partial charge in [-0.05, 0) is 52.9 Å². The van der Waals surface area contributed by atoms with Crippen LogP contribution in [0, 0.1) is 0 Å². The number of aryl methyl sites for hydroxylation is 2. The summed E-state index contributed by atoms with van der Waals surface area (Å²) in [5.41, 5.74) is 10.4. The first-order chi connectivity index (χ1) is 12.5. The van der Waals surface area contributed by atoms with Crippen molar-refractivity contribution in [2.75, 3.05) is 11.9 Å². The number of anilines is 1. The predicted octanol–water partition coefficient (Wildman–Crippen LogP) is 5.98. The van der Waals surface area contributed by atoms with Gasteiger partial charge in [0.15, 0.2) is 0 Å². The smallest absolute Gasteiger partial charge is 0.200 e. The molecule has 0 saturated carbocycles. The van der Waals surface area contributed by atoms with E-state index in [2.05, 4.69) is 29.3 Å². The van der Waals surface area contributed by atoms with Crippen molar-refractivity contribution < 1.29 is 0 Å². The number of halogens is 3. The van der Waals surface area contributed by atoms with Gasteiger partial charge in [0.05, 0.1) is 26.4 Å². The SMILES string of the molecule is CN(C(N)=Nc1ccc2cccc3c2c1CC3)c1ccc(Cl)c(Cl)c1Cl. The summed E-state index contributed by atoms with van der Waals surface area (Å²) in [7, 11) is 1.80. The van der Waals surface area contributed by atoms with Crippen molar-refractivity contribution in [3.05, 3.63) is 68.7 Å². The number of aliphatic imine (C=N–C) groups is 1. The van der Waals surface area contributed by atoms with E-state index in [1.165, 1.54) is 21.9 Å². The van der Waals surface area contributed by atoms with Crippen LogP contribution in [0.4, 0.5) is 11.4 Å². The molecule has 0 radical (unpaired) electrons. The molecule has 3 aromatic rings. The summed E-state index contributed by atoms with van der Waals surface area (Å²) in [6, 6.07) is 14.0. The maximum atomic E-state index is 6.32. The fourth-order valence-electron chi connectivity index (χ4n) is 3.45. The first kappa shape index (κ1) is 17.5. The Bertz CT molecular complexity index is 1060. The zero-order valence-electron chi connectivity index (χ0n) is 14.1. The normalized spacial score (nSPS) is 13.5. The topological polar surface area (TPSA) is 41.6 Å². The Morgan fingerprint density at radius 2 is 1.81 bits per heavy atom. The molecule has 0 unspecified atom stereocenters. The Labute approximate surface area is 167 Å². The molecule has 26 heavy (non-hydrogen) atoms. The largest absolute Gasteiger partial charge is 0.369 e. The maximum absolute atomic E-state index is 6.32. The fraction of sp³-hybridized carbons (Fsp3) is 0.150. The van der Waals surface area contributed by atoms with E-state index in [0.29, 0.717) is 26.7 Å². The second-order valence-electron chi connectivity index (χ2n) is 6.30. The van der Waals surface area contributed by atoms with E-state index in [1.54, 1.807) is 24.1 Å². The Hall–Kier alpha value is -1.94. The number of nitrogens with zero attached hydrogens (tertiary/aromatic N) is 2. The van der Waals surface area contributed by atoms with Crippen molar-refractivity contribution in [3.63, 3.8) is 0 Å². The van der Waals surface area contributed by atoms with E-state index >= 15 is 0 Å². The van der Waals surface area contributed by atoms with Crippen molar-refractivity contribution >= 4 is 62.9 Å². The van der Waals surface area contributed by atoms with Crippen LogP contribution in [0.5, 0.6) is 0 Å². The third-order valence-electron chi connectivity index (χ3n) is 4.81. The number of hydrogen-bond donors (Lipinski definition) is 1. The number of benzene rings is 3. The average molecular weight is 405 g/mol.